The summed E-state index contributed by atoms with van der Waals surface area (Å²) in [6, 6.07) is -0.721. The van der Waals surface area contributed by atoms with Gasteiger partial charge in [0.15, 0.2) is 9.92 Å². The molecule has 30 heavy (non-hydrogen) atoms. The molecule has 0 bridgehead atoms. The van der Waals surface area contributed by atoms with Gasteiger partial charge in [0.25, 0.3) is 0 Å². The molecule has 0 aromatic carbocycles. The third-order valence-corrected chi connectivity index (χ3v) is 7.62. The smallest absolute Gasteiger partial charge is 0.354 e. The summed E-state index contributed by atoms with van der Waals surface area (Å²) in [7, 11) is -3.49. The van der Waals surface area contributed by atoms with E-state index in [0.29, 0.717) is 24.9 Å². The molecule has 2 amide bonds. The molecule has 3 heterocycles. The summed E-state index contributed by atoms with van der Waals surface area (Å²) < 4.78 is 24.1. The monoisotopic (exact) mass is 430 g/mol. The van der Waals surface area contributed by atoms with Crippen LogP contribution in [0.3, 0.4) is 0 Å². The van der Waals surface area contributed by atoms with Gasteiger partial charge in [0.1, 0.15) is 4.90 Å². The maximum atomic E-state index is 13.1. The molecule has 10 heteroatoms. The second-order valence-corrected chi connectivity index (χ2v) is 9.99. The van der Waals surface area contributed by atoms with Crippen molar-refractivity contribution < 1.29 is 13.7 Å². The standard InChI is InChI=1S/C20H26N6O3S/c1-12-17(13-5-2-6-13)23-15-8-3-7-14(15)18(12)24-20(27)25-30(21,28)16-11-22-26-9-4-10-29-19(16)26/h11,13H,2-10H2,1H3,(H3,21,23,24,25,27,28). The Morgan fingerprint density at radius 2 is 2.17 bits per heavy atom. The van der Waals surface area contributed by atoms with Crippen LogP contribution in [-0.4, -0.2) is 31.6 Å². The first-order valence-electron chi connectivity index (χ1n) is 10.5. The molecule has 2 aromatic rings. The molecule has 3 aliphatic rings. The Morgan fingerprint density at radius 1 is 1.33 bits per heavy atom. The number of urea groups is 1. The van der Waals surface area contributed by atoms with Crippen LogP contribution in [-0.2, 0) is 29.3 Å². The van der Waals surface area contributed by atoms with E-state index in [1.165, 1.54) is 12.6 Å². The van der Waals surface area contributed by atoms with Gasteiger partial charge in [-0.3, -0.25) is 4.98 Å². The molecule has 1 atom stereocenters. The van der Waals surface area contributed by atoms with Crippen molar-refractivity contribution in [1.82, 2.24) is 14.8 Å². The van der Waals surface area contributed by atoms with E-state index in [0.717, 1.165) is 66.7 Å². The number of nitrogens with two attached hydrogens (primary N) is 1. The number of nitrogens with one attached hydrogen (secondary N) is 1. The van der Waals surface area contributed by atoms with Gasteiger partial charge in [-0.1, -0.05) is 6.42 Å². The van der Waals surface area contributed by atoms with E-state index in [9.17, 15) is 9.00 Å². The van der Waals surface area contributed by atoms with Gasteiger partial charge in [-0.2, -0.15) is 5.10 Å². The number of aryl methyl sites for hydroxylation is 2. The third kappa shape index (κ3) is 3.27. The molecule has 3 N–H and O–H groups in total. The number of pyridine rings is 1. The highest BCUT2D eigenvalue weighted by Crippen LogP contribution is 2.41. The van der Waals surface area contributed by atoms with Crippen molar-refractivity contribution in [1.29, 1.82) is 0 Å². The van der Waals surface area contributed by atoms with Crippen LogP contribution in [0.25, 0.3) is 0 Å². The van der Waals surface area contributed by atoms with Crippen molar-refractivity contribution in [2.45, 2.75) is 69.2 Å². The average Bonchev–Trinajstić information content (AvgIpc) is 3.30. The fourth-order valence-corrected chi connectivity index (χ4v) is 5.50. The van der Waals surface area contributed by atoms with Crippen LogP contribution in [0.1, 0.15) is 60.5 Å². The second kappa shape index (κ2) is 7.35. The summed E-state index contributed by atoms with van der Waals surface area (Å²) in [6.45, 7) is 3.15. The van der Waals surface area contributed by atoms with E-state index in [4.69, 9.17) is 14.9 Å². The Labute approximate surface area is 175 Å². The van der Waals surface area contributed by atoms with Crippen LogP contribution in [0.15, 0.2) is 15.5 Å². The van der Waals surface area contributed by atoms with E-state index in [1.54, 1.807) is 4.68 Å². The van der Waals surface area contributed by atoms with Crippen molar-refractivity contribution in [3.05, 3.63) is 28.7 Å². The first-order chi connectivity index (χ1) is 14.4. The molecule has 1 aliphatic heterocycles. The summed E-state index contributed by atoms with van der Waals surface area (Å²) in [5, 5.41) is 13.0. The van der Waals surface area contributed by atoms with Gasteiger partial charge in [0, 0.05) is 30.3 Å². The molecule has 2 aromatic heterocycles. The first kappa shape index (κ1) is 19.5. The Kier molecular flexibility index (Phi) is 4.78. The lowest BCUT2D eigenvalue weighted by molar-refractivity contribution is 0.224. The minimum atomic E-state index is -3.49. The molecule has 0 saturated heterocycles. The highest BCUT2D eigenvalue weighted by molar-refractivity contribution is 7.91. The summed E-state index contributed by atoms with van der Waals surface area (Å²) in [5.74, 6) is 0.789. The first-order valence-corrected chi connectivity index (χ1v) is 12.1. The van der Waals surface area contributed by atoms with E-state index >= 15 is 0 Å². The van der Waals surface area contributed by atoms with Crippen LogP contribution >= 0.6 is 0 Å². The van der Waals surface area contributed by atoms with E-state index in [2.05, 4.69) is 14.8 Å². The predicted molar refractivity (Wildman–Crippen MR) is 112 cm³/mol. The second-order valence-electron chi connectivity index (χ2n) is 8.23. The summed E-state index contributed by atoms with van der Waals surface area (Å²) in [5.41, 5.74) is 4.94. The number of rotatable bonds is 3. The average molecular weight is 431 g/mol. The lowest BCUT2D eigenvalue weighted by Gasteiger charge is -2.28. The van der Waals surface area contributed by atoms with Crippen LogP contribution in [0, 0.1) is 6.92 Å². The largest absolute Gasteiger partial charge is 0.477 e. The zero-order valence-electron chi connectivity index (χ0n) is 17.0. The van der Waals surface area contributed by atoms with Crippen molar-refractivity contribution in [2.75, 3.05) is 11.9 Å². The van der Waals surface area contributed by atoms with Gasteiger partial charge < -0.3 is 10.1 Å². The highest BCUT2D eigenvalue weighted by Gasteiger charge is 2.29. The number of amides is 2. The van der Waals surface area contributed by atoms with Gasteiger partial charge in [0.05, 0.1) is 18.5 Å². The summed E-state index contributed by atoms with van der Waals surface area (Å²) in [4.78, 5) is 17.9. The quantitative estimate of drug-likeness (QED) is 0.774. The number of hydrogen-bond donors (Lipinski definition) is 2. The summed E-state index contributed by atoms with van der Waals surface area (Å²) >= 11 is 0. The van der Waals surface area contributed by atoms with Crippen molar-refractivity contribution >= 4 is 21.6 Å². The highest BCUT2D eigenvalue weighted by atomic mass is 32.2. The minimum absolute atomic E-state index is 0.157. The van der Waals surface area contributed by atoms with Crippen LogP contribution in [0.4, 0.5) is 10.5 Å². The molecule has 1 saturated carbocycles. The van der Waals surface area contributed by atoms with E-state index in [1.807, 2.05) is 6.92 Å². The summed E-state index contributed by atoms with van der Waals surface area (Å²) in [6.07, 6.45) is 8.48. The number of aromatic nitrogens is 3. The van der Waals surface area contributed by atoms with Crippen molar-refractivity contribution in [3.63, 3.8) is 0 Å². The molecule has 5 rings (SSSR count). The zero-order valence-corrected chi connectivity index (χ0v) is 17.8. The zero-order chi connectivity index (χ0) is 20.9. The number of ether oxygens (including phenoxy) is 1. The molecular weight excluding hydrogens is 404 g/mol. The number of carbonyl (C=O) groups excluding carboxylic acids is 1. The maximum Gasteiger partial charge on any atom is 0.354 e. The number of carbonyl (C=O) groups is 1. The lowest BCUT2D eigenvalue weighted by atomic mass is 9.80. The normalized spacial score (nSPS) is 19.8. The number of anilines is 1. The Morgan fingerprint density at radius 3 is 2.93 bits per heavy atom. The van der Waals surface area contributed by atoms with Gasteiger partial charge in [-0.15, -0.1) is 4.36 Å². The maximum absolute atomic E-state index is 13.1. The Bertz CT molecular complexity index is 1140. The van der Waals surface area contributed by atoms with Crippen LogP contribution in [0.2, 0.25) is 0 Å². The SMILES string of the molecule is Cc1c(C2CCC2)nc2c(c1NC(=O)N=S(N)(=O)c1cnn3c1OCCC3)CCC2. The van der Waals surface area contributed by atoms with Crippen molar-refractivity contribution in [3.8, 4) is 5.88 Å². The van der Waals surface area contributed by atoms with Gasteiger partial charge in [0.2, 0.25) is 5.88 Å². The van der Waals surface area contributed by atoms with Gasteiger partial charge >= 0.3 is 6.03 Å². The molecule has 1 fully saturated rings. The molecular formula is C20H26N6O3S. The fourth-order valence-electron chi connectivity index (χ4n) is 4.50. The number of hydrogen-bond acceptors (Lipinski definition) is 5. The molecule has 0 spiro atoms. The molecule has 160 valence electrons. The van der Waals surface area contributed by atoms with E-state index < -0.39 is 15.9 Å². The Balaban J connectivity index is 1.48. The predicted octanol–water partition coefficient (Wildman–Crippen LogP) is 3.06. The molecule has 0 radical (unpaired) electrons. The van der Waals surface area contributed by atoms with E-state index in [-0.39, 0.29) is 4.90 Å². The fraction of sp³-hybridized carbons (Fsp3) is 0.550. The van der Waals surface area contributed by atoms with Gasteiger partial charge in [-0.05, 0) is 50.2 Å². The topological polar surface area (TPSA) is 124 Å². The molecule has 9 nitrogen and oxygen atoms in total. The van der Waals surface area contributed by atoms with Crippen molar-refractivity contribution in [2.24, 2.45) is 9.50 Å². The van der Waals surface area contributed by atoms with Gasteiger partial charge in [-0.25, -0.2) is 18.8 Å². The lowest BCUT2D eigenvalue weighted by Crippen LogP contribution is -2.21. The number of fused-ring (bicyclic) bond motifs is 2. The third-order valence-electron chi connectivity index (χ3n) is 6.28. The Hall–Kier alpha value is -2.46. The minimum Gasteiger partial charge on any atom is -0.477 e. The molecule has 2 aliphatic carbocycles. The number of nitrogens with zero attached hydrogens (tertiary/aromatic N) is 4. The molecule has 1 unspecified atom stereocenters. The van der Waals surface area contributed by atoms with Crippen LogP contribution in [0.5, 0.6) is 5.88 Å². The van der Waals surface area contributed by atoms with Crippen LogP contribution < -0.4 is 15.2 Å².